The molecule has 23 heavy (non-hydrogen) atoms. The number of nitrogens with one attached hydrogen (secondary N) is 2. The number of alkyl halides is 4. The molecule has 1 aliphatic rings. The van der Waals surface area contributed by atoms with Crippen LogP contribution in [0.25, 0.3) is 11.3 Å². The van der Waals surface area contributed by atoms with Gasteiger partial charge in [0.25, 0.3) is 0 Å². The van der Waals surface area contributed by atoms with Crippen LogP contribution in [0.5, 0.6) is 0 Å². The molecule has 2 aromatic rings. The average Bonchev–Trinajstić information content (AvgIpc) is 2.96. The maximum absolute atomic E-state index is 13.9. The lowest BCUT2D eigenvalue weighted by Gasteiger charge is -2.24. The van der Waals surface area contributed by atoms with Crippen LogP contribution in [0.2, 0.25) is 0 Å². The van der Waals surface area contributed by atoms with E-state index in [-0.39, 0.29) is 12.1 Å². The van der Waals surface area contributed by atoms with E-state index in [9.17, 15) is 22.0 Å². The summed E-state index contributed by atoms with van der Waals surface area (Å²) in [5.74, 6) is -1.36. The van der Waals surface area contributed by atoms with E-state index in [1.165, 1.54) is 12.3 Å². The van der Waals surface area contributed by atoms with Crippen molar-refractivity contribution in [2.75, 3.05) is 13.1 Å². The number of aromatic amines is 1. The van der Waals surface area contributed by atoms with E-state index in [0.717, 1.165) is 12.1 Å². The van der Waals surface area contributed by atoms with E-state index in [0.29, 0.717) is 24.5 Å². The van der Waals surface area contributed by atoms with Crippen molar-refractivity contribution in [1.82, 2.24) is 15.3 Å². The van der Waals surface area contributed by atoms with Crippen LogP contribution < -0.4 is 5.32 Å². The standard InChI is InChI=1S/C15H14F5N3/c16-11-2-1-8(5-10(11)15(18,19)20)13-7-22-14(23-13)9-3-4-21-6-12(9)17/h1-2,5,7,9,12,21H,3-4,6H2,(H,22,23). The van der Waals surface area contributed by atoms with Crippen LogP contribution in [-0.4, -0.2) is 29.2 Å². The minimum atomic E-state index is -4.78. The first-order valence-corrected chi connectivity index (χ1v) is 7.13. The fourth-order valence-corrected chi connectivity index (χ4v) is 2.71. The predicted octanol–water partition coefficient (Wildman–Crippen LogP) is 3.65. The number of nitrogens with zero attached hydrogens (tertiary/aromatic N) is 1. The summed E-state index contributed by atoms with van der Waals surface area (Å²) in [7, 11) is 0. The first-order valence-electron chi connectivity index (χ1n) is 7.13. The van der Waals surface area contributed by atoms with E-state index >= 15 is 0 Å². The number of hydrogen-bond acceptors (Lipinski definition) is 2. The second kappa shape index (κ2) is 5.92. The number of imidazole rings is 1. The summed E-state index contributed by atoms with van der Waals surface area (Å²) in [4.78, 5) is 6.94. The zero-order valence-corrected chi connectivity index (χ0v) is 11.9. The van der Waals surface area contributed by atoms with Crippen molar-refractivity contribution in [3.8, 4) is 11.3 Å². The topological polar surface area (TPSA) is 40.7 Å². The van der Waals surface area contributed by atoms with Crippen molar-refractivity contribution < 1.29 is 22.0 Å². The monoisotopic (exact) mass is 331 g/mol. The van der Waals surface area contributed by atoms with Crippen molar-refractivity contribution in [3.63, 3.8) is 0 Å². The van der Waals surface area contributed by atoms with Crippen LogP contribution in [0.15, 0.2) is 24.4 Å². The molecule has 1 saturated heterocycles. The first-order chi connectivity index (χ1) is 10.9. The van der Waals surface area contributed by atoms with Crippen molar-refractivity contribution in [2.45, 2.75) is 24.7 Å². The van der Waals surface area contributed by atoms with Gasteiger partial charge in [-0.05, 0) is 31.2 Å². The van der Waals surface area contributed by atoms with E-state index in [4.69, 9.17) is 0 Å². The second-order valence-corrected chi connectivity index (χ2v) is 5.49. The highest BCUT2D eigenvalue weighted by molar-refractivity contribution is 5.60. The molecule has 124 valence electrons. The molecule has 1 aliphatic heterocycles. The van der Waals surface area contributed by atoms with Crippen LogP contribution in [0, 0.1) is 5.82 Å². The van der Waals surface area contributed by atoms with E-state index in [2.05, 4.69) is 15.3 Å². The summed E-state index contributed by atoms with van der Waals surface area (Å²) in [5.41, 5.74) is -0.880. The van der Waals surface area contributed by atoms with Crippen LogP contribution >= 0.6 is 0 Å². The normalized spacial score (nSPS) is 22.3. The minimum Gasteiger partial charge on any atom is -0.342 e. The molecule has 2 unspecified atom stereocenters. The van der Waals surface area contributed by atoms with E-state index in [1.807, 2.05) is 0 Å². The van der Waals surface area contributed by atoms with Gasteiger partial charge in [0.05, 0.1) is 23.4 Å². The molecule has 0 saturated carbocycles. The van der Waals surface area contributed by atoms with Gasteiger partial charge >= 0.3 is 6.18 Å². The van der Waals surface area contributed by atoms with Crippen molar-refractivity contribution >= 4 is 0 Å². The third kappa shape index (κ3) is 3.21. The summed E-state index contributed by atoms with van der Waals surface area (Å²) >= 11 is 0. The molecule has 0 radical (unpaired) electrons. The summed E-state index contributed by atoms with van der Waals surface area (Å²) in [6, 6.07) is 2.72. The molecule has 2 N–H and O–H groups in total. The van der Waals surface area contributed by atoms with Crippen molar-refractivity contribution in [2.24, 2.45) is 0 Å². The third-order valence-corrected chi connectivity index (χ3v) is 3.94. The molecular formula is C15H14F5N3. The summed E-state index contributed by atoms with van der Waals surface area (Å²) in [6.45, 7) is 0.866. The Hall–Kier alpha value is -1.96. The maximum Gasteiger partial charge on any atom is 0.419 e. The lowest BCUT2D eigenvalue weighted by molar-refractivity contribution is -0.139. The Balaban J connectivity index is 1.91. The highest BCUT2D eigenvalue weighted by atomic mass is 19.4. The van der Waals surface area contributed by atoms with Gasteiger partial charge in [-0.25, -0.2) is 13.8 Å². The molecule has 2 heterocycles. The van der Waals surface area contributed by atoms with Gasteiger partial charge in [0, 0.05) is 12.1 Å². The zero-order valence-electron chi connectivity index (χ0n) is 11.9. The minimum absolute atomic E-state index is 0.154. The van der Waals surface area contributed by atoms with Gasteiger partial charge in [-0.1, -0.05) is 0 Å². The lowest BCUT2D eigenvalue weighted by atomic mass is 9.95. The third-order valence-electron chi connectivity index (χ3n) is 3.94. The molecule has 0 bridgehead atoms. The van der Waals surface area contributed by atoms with Gasteiger partial charge in [0.1, 0.15) is 17.8 Å². The molecule has 1 aromatic heterocycles. The van der Waals surface area contributed by atoms with Crippen LogP contribution in [0.3, 0.4) is 0 Å². The lowest BCUT2D eigenvalue weighted by Crippen LogP contribution is -2.37. The number of hydrogen-bond donors (Lipinski definition) is 2. The number of piperidine rings is 1. The Morgan fingerprint density at radius 2 is 2.00 bits per heavy atom. The van der Waals surface area contributed by atoms with Gasteiger partial charge < -0.3 is 10.3 Å². The average molecular weight is 331 g/mol. The number of H-pyrrole nitrogens is 1. The quantitative estimate of drug-likeness (QED) is 0.825. The van der Waals surface area contributed by atoms with Gasteiger partial charge in [-0.15, -0.1) is 0 Å². The van der Waals surface area contributed by atoms with Crippen LogP contribution in [0.1, 0.15) is 23.7 Å². The van der Waals surface area contributed by atoms with E-state index < -0.39 is 29.6 Å². The highest BCUT2D eigenvalue weighted by Crippen LogP contribution is 2.34. The Morgan fingerprint density at radius 1 is 1.22 bits per heavy atom. The fourth-order valence-electron chi connectivity index (χ4n) is 2.71. The Morgan fingerprint density at radius 3 is 2.70 bits per heavy atom. The van der Waals surface area contributed by atoms with Gasteiger partial charge in [-0.2, -0.15) is 13.2 Å². The Kier molecular flexibility index (Phi) is 4.09. The largest absolute Gasteiger partial charge is 0.419 e. The molecule has 1 aromatic carbocycles. The SMILES string of the molecule is Fc1ccc(-c2cnc(C3CCNCC3F)[nH]2)cc1C(F)(F)F. The van der Waals surface area contributed by atoms with Crippen molar-refractivity contribution in [1.29, 1.82) is 0 Å². The van der Waals surface area contributed by atoms with Crippen molar-refractivity contribution in [3.05, 3.63) is 41.6 Å². The molecule has 0 aliphatic carbocycles. The van der Waals surface area contributed by atoms with Gasteiger partial charge in [-0.3, -0.25) is 0 Å². The summed E-state index contributed by atoms with van der Waals surface area (Å²) in [5, 5.41) is 2.92. The fraction of sp³-hybridized carbons (Fsp3) is 0.400. The number of halogens is 5. The molecule has 2 atom stereocenters. The highest BCUT2D eigenvalue weighted by Gasteiger charge is 2.34. The number of benzene rings is 1. The summed E-state index contributed by atoms with van der Waals surface area (Å²) in [6.07, 6.45) is -3.99. The van der Waals surface area contributed by atoms with E-state index in [1.54, 1.807) is 0 Å². The van der Waals surface area contributed by atoms with Crippen LogP contribution in [0.4, 0.5) is 22.0 Å². The molecule has 3 rings (SSSR count). The molecule has 0 amide bonds. The zero-order chi connectivity index (χ0) is 16.6. The number of aromatic nitrogens is 2. The second-order valence-electron chi connectivity index (χ2n) is 5.49. The molecule has 3 nitrogen and oxygen atoms in total. The first kappa shape index (κ1) is 15.9. The molecular weight excluding hydrogens is 317 g/mol. The molecule has 8 heteroatoms. The molecule has 1 fully saturated rings. The maximum atomic E-state index is 13.9. The number of rotatable bonds is 2. The Labute approximate surface area is 128 Å². The van der Waals surface area contributed by atoms with Crippen LogP contribution in [-0.2, 0) is 6.18 Å². The summed E-state index contributed by atoms with van der Waals surface area (Å²) < 4.78 is 65.5. The van der Waals surface area contributed by atoms with Gasteiger partial charge in [0.2, 0.25) is 0 Å². The Bertz CT molecular complexity index is 695. The predicted molar refractivity (Wildman–Crippen MR) is 74.1 cm³/mol. The van der Waals surface area contributed by atoms with Gasteiger partial charge in [0.15, 0.2) is 0 Å². The smallest absolute Gasteiger partial charge is 0.342 e. The molecule has 0 spiro atoms.